The Morgan fingerprint density at radius 2 is 2.12 bits per heavy atom. The normalized spacial score (nSPS) is 39.7. The Kier molecular flexibility index (Phi) is 3.32. The summed E-state index contributed by atoms with van der Waals surface area (Å²) in [4.78, 5) is 29.8. The van der Waals surface area contributed by atoms with Crippen molar-refractivity contribution in [2.24, 2.45) is 11.8 Å². The van der Waals surface area contributed by atoms with E-state index in [1.807, 2.05) is 23.1 Å². The third-order valence-electron chi connectivity index (χ3n) is 7.47. The molecule has 5 rings (SSSR count). The Bertz CT molecular complexity index is 796. The second-order valence-corrected chi connectivity index (χ2v) is 8.09. The molecule has 2 saturated heterocycles. The summed E-state index contributed by atoms with van der Waals surface area (Å²) in [6.07, 6.45) is 1.78. The van der Waals surface area contributed by atoms with Gasteiger partial charge in [0.1, 0.15) is 0 Å². The summed E-state index contributed by atoms with van der Waals surface area (Å²) in [6, 6.07) is 8.10. The molecule has 1 aromatic rings. The number of aliphatic hydroxyl groups is 1. The number of benzene rings is 1. The number of methoxy groups -OCH3 is 1. The van der Waals surface area contributed by atoms with Crippen molar-refractivity contribution in [3.8, 4) is 0 Å². The van der Waals surface area contributed by atoms with Crippen LogP contribution in [-0.2, 0) is 19.7 Å². The number of carbonyl (C=O) groups is 2. The van der Waals surface area contributed by atoms with Crippen molar-refractivity contribution in [1.82, 2.24) is 4.90 Å². The fraction of sp³-hybridized carbons (Fsp3) is 0.600. The highest BCUT2D eigenvalue weighted by Gasteiger charge is 2.72. The first kappa shape index (κ1) is 16.3. The van der Waals surface area contributed by atoms with Gasteiger partial charge < -0.3 is 14.7 Å². The Labute approximate surface area is 152 Å². The number of esters is 1. The van der Waals surface area contributed by atoms with Crippen LogP contribution in [0.25, 0.3) is 0 Å². The van der Waals surface area contributed by atoms with Gasteiger partial charge in [-0.2, -0.15) is 0 Å². The van der Waals surface area contributed by atoms with Gasteiger partial charge in [0.05, 0.1) is 25.7 Å². The van der Waals surface area contributed by atoms with Crippen molar-refractivity contribution in [3.05, 3.63) is 29.8 Å². The predicted octanol–water partition coefficient (Wildman–Crippen LogP) is 0.917. The Hall–Kier alpha value is -1.92. The van der Waals surface area contributed by atoms with Gasteiger partial charge in [0, 0.05) is 30.1 Å². The Morgan fingerprint density at radius 3 is 2.81 bits per heavy atom. The van der Waals surface area contributed by atoms with Crippen molar-refractivity contribution in [1.29, 1.82) is 0 Å². The zero-order valence-corrected chi connectivity index (χ0v) is 15.1. The van der Waals surface area contributed by atoms with E-state index in [2.05, 4.69) is 11.0 Å². The van der Waals surface area contributed by atoms with Crippen molar-refractivity contribution < 1.29 is 19.4 Å². The standard InChI is InChI=1S/C20H24N2O4/c1-11(24)22-14-6-4-3-5-13(14)20-7-8-21-15(10-23)12(9-16(20)21)17(18(20)22)19(25)26-2/h3-6,12,15-18,23H,7-10H2,1-2H3/t12-,15+,16-,17+,18-,20+/m0/s1. The van der Waals surface area contributed by atoms with Crippen LogP contribution in [-0.4, -0.2) is 60.3 Å². The molecule has 1 N–H and O–H groups in total. The molecule has 3 fully saturated rings. The van der Waals surface area contributed by atoms with Crippen molar-refractivity contribution in [2.45, 2.75) is 43.3 Å². The van der Waals surface area contributed by atoms with Crippen LogP contribution in [0.3, 0.4) is 0 Å². The topological polar surface area (TPSA) is 70.1 Å². The lowest BCUT2D eigenvalue weighted by Crippen LogP contribution is -2.61. The SMILES string of the molecule is COC(=O)[C@@H]1[C@H]2C[C@@H]3N(CC[C@@]34c3ccccc3N(C(C)=O)[C@@H]14)[C@@H]2CO. The smallest absolute Gasteiger partial charge is 0.311 e. The van der Waals surface area contributed by atoms with Gasteiger partial charge in [-0.25, -0.2) is 0 Å². The molecule has 6 nitrogen and oxygen atoms in total. The van der Waals surface area contributed by atoms with Gasteiger partial charge in [0.2, 0.25) is 5.91 Å². The summed E-state index contributed by atoms with van der Waals surface area (Å²) < 4.78 is 5.20. The van der Waals surface area contributed by atoms with Crippen LogP contribution in [0.1, 0.15) is 25.3 Å². The average Bonchev–Trinajstić information content (AvgIpc) is 3.26. The number of hydrogen-bond acceptors (Lipinski definition) is 5. The van der Waals surface area contributed by atoms with E-state index in [1.54, 1.807) is 6.92 Å². The van der Waals surface area contributed by atoms with Gasteiger partial charge in [-0.1, -0.05) is 18.2 Å². The molecule has 4 aliphatic rings. The summed E-state index contributed by atoms with van der Waals surface area (Å²) in [5.74, 6) is -0.681. The number of para-hydroxylation sites is 1. The maximum Gasteiger partial charge on any atom is 0.311 e. The Morgan fingerprint density at radius 1 is 1.35 bits per heavy atom. The number of anilines is 1. The summed E-state index contributed by atoms with van der Waals surface area (Å²) in [7, 11) is 1.42. The van der Waals surface area contributed by atoms with Crippen LogP contribution in [0, 0.1) is 11.8 Å². The molecule has 1 aliphatic carbocycles. The maximum atomic E-state index is 12.9. The lowest BCUT2D eigenvalue weighted by atomic mass is 9.58. The molecule has 1 saturated carbocycles. The highest BCUT2D eigenvalue weighted by atomic mass is 16.5. The minimum absolute atomic E-state index is 0.0204. The van der Waals surface area contributed by atoms with E-state index >= 15 is 0 Å². The van der Waals surface area contributed by atoms with E-state index < -0.39 is 5.92 Å². The summed E-state index contributed by atoms with van der Waals surface area (Å²) in [5.41, 5.74) is 1.87. The van der Waals surface area contributed by atoms with Crippen LogP contribution in [0.5, 0.6) is 0 Å². The molecule has 0 unspecified atom stereocenters. The summed E-state index contributed by atoms with van der Waals surface area (Å²) in [6.45, 7) is 2.52. The zero-order valence-electron chi connectivity index (χ0n) is 15.1. The van der Waals surface area contributed by atoms with E-state index in [0.717, 1.165) is 25.1 Å². The molecular weight excluding hydrogens is 332 g/mol. The molecule has 138 valence electrons. The highest BCUT2D eigenvalue weighted by molar-refractivity contribution is 5.97. The molecule has 6 heteroatoms. The summed E-state index contributed by atoms with van der Waals surface area (Å²) >= 11 is 0. The van der Waals surface area contributed by atoms with E-state index in [1.165, 1.54) is 12.7 Å². The van der Waals surface area contributed by atoms with Crippen LogP contribution in [0.2, 0.25) is 0 Å². The summed E-state index contributed by atoms with van der Waals surface area (Å²) in [5, 5.41) is 10.1. The highest BCUT2D eigenvalue weighted by Crippen LogP contribution is 2.64. The number of hydrogen-bond donors (Lipinski definition) is 1. The number of rotatable bonds is 2. The van der Waals surface area contributed by atoms with Gasteiger partial charge in [0.15, 0.2) is 0 Å². The van der Waals surface area contributed by atoms with Gasteiger partial charge in [0.25, 0.3) is 0 Å². The van der Waals surface area contributed by atoms with Crippen molar-refractivity contribution >= 4 is 17.6 Å². The third-order valence-corrected chi connectivity index (χ3v) is 7.47. The molecule has 1 spiro atoms. The molecule has 6 atom stereocenters. The van der Waals surface area contributed by atoms with Crippen LogP contribution >= 0.6 is 0 Å². The monoisotopic (exact) mass is 356 g/mol. The lowest BCUT2D eigenvalue weighted by Gasteiger charge is -2.47. The first-order valence-corrected chi connectivity index (χ1v) is 9.40. The molecule has 3 heterocycles. The van der Waals surface area contributed by atoms with E-state index in [0.29, 0.717) is 0 Å². The number of amides is 1. The quantitative estimate of drug-likeness (QED) is 0.798. The molecule has 3 aliphatic heterocycles. The molecule has 1 amide bonds. The average molecular weight is 356 g/mol. The predicted molar refractivity (Wildman–Crippen MR) is 94.7 cm³/mol. The molecule has 1 aromatic carbocycles. The molecular formula is C20H24N2O4. The van der Waals surface area contributed by atoms with Crippen LogP contribution in [0.15, 0.2) is 24.3 Å². The van der Waals surface area contributed by atoms with Gasteiger partial charge in [-0.15, -0.1) is 0 Å². The first-order chi connectivity index (χ1) is 12.6. The number of aliphatic hydroxyl groups excluding tert-OH is 1. The largest absolute Gasteiger partial charge is 0.469 e. The van der Waals surface area contributed by atoms with E-state index in [9.17, 15) is 14.7 Å². The molecule has 2 bridgehead atoms. The molecule has 26 heavy (non-hydrogen) atoms. The Balaban J connectivity index is 1.77. The minimum Gasteiger partial charge on any atom is -0.469 e. The van der Waals surface area contributed by atoms with Crippen LogP contribution < -0.4 is 4.90 Å². The fourth-order valence-corrected chi connectivity index (χ4v) is 6.76. The van der Waals surface area contributed by atoms with Gasteiger partial charge >= 0.3 is 5.97 Å². The molecule has 0 radical (unpaired) electrons. The van der Waals surface area contributed by atoms with Crippen LogP contribution in [0.4, 0.5) is 5.69 Å². The first-order valence-electron chi connectivity index (χ1n) is 9.40. The number of ether oxygens (including phenoxy) is 1. The number of nitrogens with zero attached hydrogens (tertiary/aromatic N) is 2. The maximum absolute atomic E-state index is 12.9. The van der Waals surface area contributed by atoms with Gasteiger partial charge in [-0.05, 0) is 36.9 Å². The van der Waals surface area contributed by atoms with Crippen molar-refractivity contribution in [2.75, 3.05) is 25.2 Å². The fourth-order valence-electron chi connectivity index (χ4n) is 6.76. The molecule has 0 aromatic heterocycles. The second-order valence-electron chi connectivity index (χ2n) is 8.09. The van der Waals surface area contributed by atoms with Gasteiger partial charge in [-0.3, -0.25) is 14.5 Å². The van der Waals surface area contributed by atoms with E-state index in [4.69, 9.17) is 4.74 Å². The number of fused-ring (bicyclic) bond motifs is 2. The second kappa shape index (κ2) is 5.30. The number of carbonyl (C=O) groups excluding carboxylic acids is 2. The van der Waals surface area contributed by atoms with E-state index in [-0.39, 0.29) is 47.9 Å². The minimum atomic E-state index is -0.407. The third kappa shape index (κ3) is 1.65. The lowest BCUT2D eigenvalue weighted by molar-refractivity contribution is -0.150. The zero-order chi connectivity index (χ0) is 18.2. The van der Waals surface area contributed by atoms with Crippen molar-refractivity contribution in [3.63, 3.8) is 0 Å².